The van der Waals surface area contributed by atoms with Crippen LogP contribution in [0.15, 0.2) is 61.2 Å². The van der Waals surface area contributed by atoms with Crippen LogP contribution in [0.4, 0.5) is 4.39 Å². The average Bonchev–Trinajstić information content (AvgIpc) is 3.28. The number of hydrogen-bond acceptors (Lipinski definition) is 5. The molecule has 0 bridgehead atoms. The summed E-state index contributed by atoms with van der Waals surface area (Å²) in [4.78, 5) is 4.30. The number of amidine groups is 1. The molecule has 5 rings (SSSR count). The number of benzene rings is 2. The zero-order chi connectivity index (χ0) is 24.5. The van der Waals surface area contributed by atoms with E-state index in [9.17, 15) is 0 Å². The third-order valence-corrected chi connectivity index (χ3v) is 5.83. The van der Waals surface area contributed by atoms with Crippen molar-refractivity contribution in [2.45, 2.75) is 12.8 Å². The van der Waals surface area contributed by atoms with Crippen LogP contribution < -0.4 is 10.5 Å². The monoisotopic (exact) mass is 467 g/mol. The van der Waals surface area contributed by atoms with Gasteiger partial charge in [-0.15, -0.1) is 5.92 Å². The lowest BCUT2D eigenvalue weighted by atomic mass is 9.85. The molecule has 174 valence electrons. The molecule has 2 aromatic heterocycles. The van der Waals surface area contributed by atoms with Crippen LogP contribution in [0.5, 0.6) is 11.5 Å². The molecule has 2 aromatic carbocycles. The number of aromatic nitrogens is 3. The number of ether oxygens (including phenoxy) is 2. The van der Waals surface area contributed by atoms with E-state index in [0.717, 1.165) is 27.8 Å². The molecule has 35 heavy (non-hydrogen) atoms. The Bertz CT molecular complexity index is 1520. The second kappa shape index (κ2) is 8.95. The molecule has 1 aliphatic heterocycles. The van der Waals surface area contributed by atoms with Crippen molar-refractivity contribution in [3.05, 3.63) is 83.7 Å². The van der Waals surface area contributed by atoms with E-state index in [4.69, 9.17) is 20.6 Å². The lowest BCUT2D eigenvalue weighted by molar-refractivity contribution is 0.273. The van der Waals surface area contributed by atoms with Gasteiger partial charge in [0, 0.05) is 53.5 Å². The number of rotatable bonds is 4. The Labute approximate surface area is 201 Å². The average molecular weight is 468 g/mol. The number of nitrogens with two attached hydrogens (primary N) is 1. The van der Waals surface area contributed by atoms with Crippen LogP contribution in [-0.4, -0.2) is 27.4 Å². The fourth-order valence-corrected chi connectivity index (χ4v) is 4.25. The molecule has 0 aliphatic carbocycles. The number of halogens is 1. The largest absolute Gasteiger partial charge is 0.465 e. The van der Waals surface area contributed by atoms with Crippen molar-refractivity contribution in [1.82, 2.24) is 14.8 Å². The van der Waals surface area contributed by atoms with Gasteiger partial charge in [0.15, 0.2) is 11.6 Å². The normalized spacial score (nSPS) is 13.6. The van der Waals surface area contributed by atoms with E-state index < -0.39 is 17.8 Å². The quantitative estimate of drug-likeness (QED) is 0.255. The van der Waals surface area contributed by atoms with Crippen LogP contribution in [-0.2, 0) is 11.8 Å². The number of nitrogens with zero attached hydrogens (tertiary/aromatic N) is 3. The maximum Gasteiger partial charge on any atom is 0.279 e. The van der Waals surface area contributed by atoms with E-state index in [2.05, 4.69) is 21.9 Å². The highest BCUT2D eigenvalue weighted by Crippen LogP contribution is 2.48. The van der Waals surface area contributed by atoms with Gasteiger partial charge in [-0.05, 0) is 48.4 Å². The molecule has 0 unspecified atom stereocenters. The Morgan fingerprint density at radius 1 is 1.11 bits per heavy atom. The fraction of sp³-hybridized carbons (Fsp3) is 0.148. The third-order valence-electron chi connectivity index (χ3n) is 5.83. The smallest absolute Gasteiger partial charge is 0.279 e. The summed E-state index contributed by atoms with van der Waals surface area (Å²) >= 11 is 0. The third kappa shape index (κ3) is 4.32. The Kier molecular flexibility index (Phi) is 5.67. The summed E-state index contributed by atoms with van der Waals surface area (Å²) in [5.74, 6) is 5.65. The van der Waals surface area contributed by atoms with Crippen molar-refractivity contribution in [2.24, 2.45) is 12.8 Å². The molecule has 3 N–H and O–H groups in total. The van der Waals surface area contributed by atoms with Gasteiger partial charge in [0.05, 0.1) is 12.1 Å². The van der Waals surface area contributed by atoms with Crippen molar-refractivity contribution >= 4 is 6.02 Å². The van der Waals surface area contributed by atoms with Gasteiger partial charge in [-0.25, -0.2) is 4.39 Å². The molecule has 0 saturated heterocycles. The highest BCUT2D eigenvalue weighted by atomic mass is 19.1. The molecule has 1 atom stereocenters. The topological polar surface area (TPSA) is 99.0 Å². The standard InChI is InChI=1S/C27H22FN5O2/c1-3-4-16-7-19(12-31-11-16)17-5-6-25-21(8-17)23(15-34-27(29)30)22-9-18(10-24(28)26(22)35-25)20-13-32-33(2)14-20/h5-14,23H,15H2,1-2H3,(H3,29,30)/t23-/m1/s1. The first-order valence-electron chi connectivity index (χ1n) is 10.9. The molecule has 8 heteroatoms. The van der Waals surface area contributed by atoms with E-state index in [1.54, 1.807) is 43.3 Å². The zero-order valence-corrected chi connectivity index (χ0v) is 19.2. The summed E-state index contributed by atoms with van der Waals surface area (Å²) in [6, 6.07) is 10.5. The molecular formula is C27H22FN5O2. The molecule has 0 spiro atoms. The molecule has 7 nitrogen and oxygen atoms in total. The molecule has 0 saturated carbocycles. The van der Waals surface area contributed by atoms with Crippen molar-refractivity contribution in [1.29, 1.82) is 5.41 Å². The van der Waals surface area contributed by atoms with E-state index in [1.807, 2.05) is 30.5 Å². The maximum absolute atomic E-state index is 15.3. The van der Waals surface area contributed by atoms with Gasteiger partial charge in [-0.3, -0.25) is 15.1 Å². The lowest BCUT2D eigenvalue weighted by Crippen LogP contribution is -2.22. The summed E-state index contributed by atoms with van der Waals surface area (Å²) < 4.78 is 28.4. The van der Waals surface area contributed by atoms with E-state index >= 15 is 4.39 Å². The van der Waals surface area contributed by atoms with Gasteiger partial charge in [-0.1, -0.05) is 12.0 Å². The van der Waals surface area contributed by atoms with Gasteiger partial charge in [-0.2, -0.15) is 5.10 Å². The highest BCUT2D eigenvalue weighted by Gasteiger charge is 2.31. The van der Waals surface area contributed by atoms with Crippen LogP contribution in [0.25, 0.3) is 22.3 Å². The number of pyridine rings is 1. The predicted octanol–water partition coefficient (Wildman–Crippen LogP) is 4.81. The molecule has 0 fully saturated rings. The summed E-state index contributed by atoms with van der Waals surface area (Å²) in [5.41, 5.74) is 10.9. The summed E-state index contributed by atoms with van der Waals surface area (Å²) in [6.45, 7) is 1.83. The summed E-state index contributed by atoms with van der Waals surface area (Å²) in [5, 5.41) is 11.8. The Hall–Kier alpha value is -4.64. The minimum atomic E-state index is -0.487. The second-order valence-corrected chi connectivity index (χ2v) is 8.20. The van der Waals surface area contributed by atoms with Crippen LogP contribution in [0, 0.1) is 23.1 Å². The van der Waals surface area contributed by atoms with Crippen molar-refractivity contribution in [2.75, 3.05) is 6.61 Å². The predicted molar refractivity (Wildman–Crippen MR) is 131 cm³/mol. The molecule has 1 aliphatic rings. The first-order valence-corrected chi connectivity index (χ1v) is 10.9. The maximum atomic E-state index is 15.3. The Morgan fingerprint density at radius 3 is 2.69 bits per heavy atom. The van der Waals surface area contributed by atoms with Crippen molar-refractivity contribution in [3.8, 4) is 45.6 Å². The van der Waals surface area contributed by atoms with E-state index in [1.165, 1.54) is 6.07 Å². The van der Waals surface area contributed by atoms with Gasteiger partial charge < -0.3 is 15.2 Å². The van der Waals surface area contributed by atoms with Gasteiger partial charge in [0.25, 0.3) is 6.02 Å². The summed E-state index contributed by atoms with van der Waals surface area (Å²) in [7, 11) is 1.80. The Balaban J connectivity index is 1.63. The molecule has 0 radical (unpaired) electrons. The summed E-state index contributed by atoms with van der Waals surface area (Å²) in [6.07, 6.45) is 6.97. The molecule has 3 heterocycles. The van der Waals surface area contributed by atoms with Crippen LogP contribution in [0.2, 0.25) is 0 Å². The van der Waals surface area contributed by atoms with E-state index in [-0.39, 0.29) is 12.4 Å². The van der Waals surface area contributed by atoms with Gasteiger partial charge in [0.2, 0.25) is 0 Å². The minimum Gasteiger partial charge on any atom is -0.465 e. The minimum absolute atomic E-state index is 0.0533. The first-order chi connectivity index (χ1) is 16.9. The highest BCUT2D eigenvalue weighted by molar-refractivity contribution is 5.72. The van der Waals surface area contributed by atoms with Gasteiger partial charge >= 0.3 is 0 Å². The lowest BCUT2D eigenvalue weighted by Gasteiger charge is -2.29. The van der Waals surface area contributed by atoms with Crippen molar-refractivity contribution in [3.63, 3.8) is 0 Å². The van der Waals surface area contributed by atoms with Gasteiger partial charge in [0.1, 0.15) is 12.4 Å². The Morgan fingerprint density at radius 2 is 1.94 bits per heavy atom. The molecular weight excluding hydrogens is 445 g/mol. The number of hydrogen-bond donors (Lipinski definition) is 2. The fourth-order valence-electron chi connectivity index (χ4n) is 4.25. The molecule has 0 amide bonds. The SMILES string of the molecule is CC#Cc1cncc(-c2ccc3c(c2)[C@@H](COC(=N)N)c2cc(-c4cnn(C)c4)cc(F)c2O3)c1. The van der Waals surface area contributed by atoms with Crippen LogP contribution >= 0.6 is 0 Å². The zero-order valence-electron chi connectivity index (χ0n) is 19.2. The number of aryl methyl sites for hydroxylation is 1. The van der Waals surface area contributed by atoms with Crippen LogP contribution in [0.3, 0.4) is 0 Å². The van der Waals surface area contributed by atoms with E-state index in [0.29, 0.717) is 16.9 Å². The first kappa shape index (κ1) is 22.2. The van der Waals surface area contributed by atoms with Crippen LogP contribution in [0.1, 0.15) is 29.5 Å². The molecule has 4 aromatic rings. The number of fused-ring (bicyclic) bond motifs is 2. The number of nitrogens with one attached hydrogen (secondary N) is 1. The second-order valence-electron chi connectivity index (χ2n) is 8.20. The van der Waals surface area contributed by atoms with Crippen molar-refractivity contribution < 1.29 is 13.9 Å².